The van der Waals surface area contributed by atoms with Gasteiger partial charge in [0.05, 0.1) is 21.3 Å². The minimum atomic E-state index is 0.509. The first-order valence-corrected chi connectivity index (χ1v) is 6.39. The second-order valence-electron chi connectivity index (χ2n) is 4.32. The van der Waals surface area contributed by atoms with Gasteiger partial charge in [-0.15, -0.1) is 0 Å². The number of halogens is 2. The number of anilines is 1. The fourth-order valence-electron chi connectivity index (χ4n) is 1.91. The highest BCUT2D eigenvalue weighted by Gasteiger charge is 2.12. The van der Waals surface area contributed by atoms with Crippen LogP contribution in [0.4, 0.5) is 5.69 Å². The number of rotatable bonds is 3. The van der Waals surface area contributed by atoms with Gasteiger partial charge in [0.2, 0.25) is 0 Å². The summed E-state index contributed by atoms with van der Waals surface area (Å²) in [5, 5.41) is 5.14. The molecule has 0 atom stereocenters. The van der Waals surface area contributed by atoms with Crippen LogP contribution in [-0.2, 0) is 6.54 Å². The van der Waals surface area contributed by atoms with Crippen LogP contribution in [-0.4, -0.2) is 26.1 Å². The zero-order chi connectivity index (χ0) is 13.3. The lowest BCUT2D eigenvalue weighted by Gasteiger charge is -2.17. The molecule has 2 rings (SSSR count). The summed E-state index contributed by atoms with van der Waals surface area (Å²) in [6.45, 7) is 0.694. The largest absolute Gasteiger partial charge is 0.377 e. The van der Waals surface area contributed by atoms with Crippen molar-refractivity contribution in [3.63, 3.8) is 0 Å². The van der Waals surface area contributed by atoms with Crippen LogP contribution in [0.15, 0.2) is 18.2 Å². The van der Waals surface area contributed by atoms with Gasteiger partial charge in [0.15, 0.2) is 0 Å². The van der Waals surface area contributed by atoms with Crippen LogP contribution in [0, 0.1) is 0 Å². The lowest BCUT2D eigenvalue weighted by Crippen LogP contribution is -2.13. The van der Waals surface area contributed by atoms with Crippen LogP contribution < -0.4 is 10.2 Å². The summed E-state index contributed by atoms with van der Waals surface area (Å²) in [4.78, 5) is 6.61. The standard InChI is InChI=1S/C13H15Cl2N3/c1-16-7-8-6-11(18(2)3)9-4-5-10(14)12(15)13(9)17-8/h4-6,16H,7H2,1-3H3. The number of benzene rings is 1. The highest BCUT2D eigenvalue weighted by Crippen LogP contribution is 2.34. The fourth-order valence-corrected chi connectivity index (χ4v) is 2.27. The normalized spacial score (nSPS) is 10.9. The third-order valence-corrected chi connectivity index (χ3v) is 3.54. The van der Waals surface area contributed by atoms with E-state index in [1.165, 1.54) is 0 Å². The van der Waals surface area contributed by atoms with Gasteiger partial charge in [-0.3, -0.25) is 0 Å². The molecular weight excluding hydrogens is 269 g/mol. The minimum absolute atomic E-state index is 0.509. The fraction of sp³-hybridized carbons (Fsp3) is 0.308. The van der Waals surface area contributed by atoms with Crippen molar-refractivity contribution < 1.29 is 0 Å². The van der Waals surface area contributed by atoms with Gasteiger partial charge in [0.25, 0.3) is 0 Å². The van der Waals surface area contributed by atoms with Crippen molar-refractivity contribution in [3.8, 4) is 0 Å². The summed E-state index contributed by atoms with van der Waals surface area (Å²) in [5.41, 5.74) is 2.78. The average Bonchev–Trinajstić information content (AvgIpc) is 2.34. The molecule has 1 aromatic heterocycles. The number of pyridine rings is 1. The van der Waals surface area contributed by atoms with Gasteiger partial charge in [-0.2, -0.15) is 0 Å². The van der Waals surface area contributed by atoms with Crippen LogP contribution in [0.2, 0.25) is 10.0 Å². The van der Waals surface area contributed by atoms with E-state index in [0.717, 1.165) is 22.3 Å². The SMILES string of the molecule is CNCc1cc(N(C)C)c2ccc(Cl)c(Cl)c2n1. The number of hydrogen-bond acceptors (Lipinski definition) is 3. The summed E-state index contributed by atoms with van der Waals surface area (Å²) in [6, 6.07) is 5.82. The smallest absolute Gasteiger partial charge is 0.0928 e. The summed E-state index contributed by atoms with van der Waals surface area (Å²) in [5.74, 6) is 0. The number of hydrogen-bond donors (Lipinski definition) is 1. The molecular formula is C13H15Cl2N3. The predicted octanol–water partition coefficient (Wildman–Crippen LogP) is 3.33. The number of aromatic nitrogens is 1. The molecule has 1 N–H and O–H groups in total. The Morgan fingerprint density at radius 3 is 2.61 bits per heavy atom. The van der Waals surface area contributed by atoms with Gasteiger partial charge < -0.3 is 10.2 Å². The molecule has 0 aliphatic carbocycles. The van der Waals surface area contributed by atoms with Gasteiger partial charge in [-0.05, 0) is 25.2 Å². The van der Waals surface area contributed by atoms with Crippen LogP contribution in [0.5, 0.6) is 0 Å². The van der Waals surface area contributed by atoms with E-state index < -0.39 is 0 Å². The topological polar surface area (TPSA) is 28.2 Å². The van der Waals surface area contributed by atoms with Crippen LogP contribution in [0.25, 0.3) is 10.9 Å². The molecule has 2 aromatic rings. The lowest BCUT2D eigenvalue weighted by atomic mass is 10.1. The monoisotopic (exact) mass is 283 g/mol. The van der Waals surface area contributed by atoms with Crippen LogP contribution in [0.3, 0.4) is 0 Å². The van der Waals surface area contributed by atoms with Crippen molar-refractivity contribution in [1.29, 1.82) is 0 Å². The molecule has 0 fully saturated rings. The lowest BCUT2D eigenvalue weighted by molar-refractivity contribution is 0.795. The zero-order valence-corrected chi connectivity index (χ0v) is 12.1. The molecule has 0 spiro atoms. The molecule has 0 radical (unpaired) electrons. The molecule has 96 valence electrons. The Labute approximate surface area is 117 Å². The average molecular weight is 284 g/mol. The molecule has 0 aliphatic heterocycles. The van der Waals surface area contributed by atoms with E-state index in [1.54, 1.807) is 6.07 Å². The zero-order valence-electron chi connectivity index (χ0n) is 10.6. The van der Waals surface area contributed by atoms with Crippen molar-refractivity contribution in [2.45, 2.75) is 6.54 Å². The van der Waals surface area contributed by atoms with E-state index in [0.29, 0.717) is 16.6 Å². The highest BCUT2D eigenvalue weighted by molar-refractivity contribution is 6.45. The number of fused-ring (bicyclic) bond motifs is 1. The predicted molar refractivity (Wildman–Crippen MR) is 78.9 cm³/mol. The van der Waals surface area contributed by atoms with Crippen LogP contribution >= 0.6 is 23.2 Å². The van der Waals surface area contributed by atoms with E-state index in [9.17, 15) is 0 Å². The molecule has 0 amide bonds. The van der Waals surface area contributed by atoms with Crippen molar-refractivity contribution in [2.75, 3.05) is 26.0 Å². The van der Waals surface area contributed by atoms with E-state index in [-0.39, 0.29) is 0 Å². The number of nitrogens with one attached hydrogen (secondary N) is 1. The van der Waals surface area contributed by atoms with E-state index in [2.05, 4.69) is 16.4 Å². The first kappa shape index (κ1) is 13.4. The quantitative estimate of drug-likeness (QED) is 0.937. The maximum absolute atomic E-state index is 6.24. The van der Waals surface area contributed by atoms with E-state index in [1.807, 2.05) is 32.1 Å². The summed E-state index contributed by atoms with van der Waals surface area (Å²) < 4.78 is 0. The Balaban J connectivity index is 2.77. The second-order valence-corrected chi connectivity index (χ2v) is 5.10. The van der Waals surface area contributed by atoms with Gasteiger partial charge in [0.1, 0.15) is 0 Å². The Kier molecular flexibility index (Phi) is 3.95. The highest BCUT2D eigenvalue weighted by atomic mass is 35.5. The Bertz CT molecular complexity index is 582. The van der Waals surface area contributed by atoms with Crippen molar-refractivity contribution in [1.82, 2.24) is 10.3 Å². The van der Waals surface area contributed by atoms with Crippen LogP contribution in [0.1, 0.15) is 5.69 Å². The Morgan fingerprint density at radius 2 is 2.00 bits per heavy atom. The maximum atomic E-state index is 6.24. The molecule has 0 aliphatic rings. The van der Waals surface area contributed by atoms with Crippen molar-refractivity contribution in [3.05, 3.63) is 33.9 Å². The summed E-state index contributed by atoms with van der Waals surface area (Å²) in [7, 11) is 5.89. The Morgan fingerprint density at radius 1 is 1.28 bits per heavy atom. The molecule has 0 saturated carbocycles. The molecule has 3 nitrogen and oxygen atoms in total. The molecule has 0 unspecified atom stereocenters. The molecule has 1 heterocycles. The molecule has 0 bridgehead atoms. The molecule has 5 heteroatoms. The molecule has 0 saturated heterocycles. The third-order valence-electron chi connectivity index (χ3n) is 2.74. The third kappa shape index (κ3) is 2.39. The first-order chi connectivity index (χ1) is 8.54. The molecule has 18 heavy (non-hydrogen) atoms. The maximum Gasteiger partial charge on any atom is 0.0928 e. The summed E-state index contributed by atoms with van der Waals surface area (Å²) >= 11 is 12.3. The first-order valence-electron chi connectivity index (χ1n) is 5.64. The Hall–Kier alpha value is -1.03. The van der Waals surface area contributed by atoms with Gasteiger partial charge in [0, 0.05) is 31.7 Å². The van der Waals surface area contributed by atoms with Gasteiger partial charge in [-0.1, -0.05) is 23.2 Å². The van der Waals surface area contributed by atoms with Gasteiger partial charge >= 0.3 is 0 Å². The second kappa shape index (κ2) is 5.31. The number of nitrogens with zero attached hydrogens (tertiary/aromatic N) is 2. The summed E-state index contributed by atoms with van der Waals surface area (Å²) in [6.07, 6.45) is 0. The van der Waals surface area contributed by atoms with E-state index in [4.69, 9.17) is 23.2 Å². The van der Waals surface area contributed by atoms with E-state index >= 15 is 0 Å². The van der Waals surface area contributed by atoms with Crippen molar-refractivity contribution >= 4 is 39.8 Å². The van der Waals surface area contributed by atoms with Gasteiger partial charge in [-0.25, -0.2) is 4.98 Å². The minimum Gasteiger partial charge on any atom is -0.377 e. The van der Waals surface area contributed by atoms with Crippen molar-refractivity contribution in [2.24, 2.45) is 0 Å². The molecule has 1 aromatic carbocycles.